The molecular weight excluding hydrogens is 509 g/mol. The summed E-state index contributed by atoms with van der Waals surface area (Å²) >= 11 is 0. The summed E-state index contributed by atoms with van der Waals surface area (Å²) in [6.07, 6.45) is -1.40. The largest absolute Gasteiger partial charge is 0.417 e. The number of halogens is 3. The molecule has 3 aromatic rings. The standard InChI is InChI=1S/C28H27F3N6O2/c1-17(2)13-27(19-6-4-3-5-7-19)25(39)37(26(32)35-27)14-18-8-9-21(28(29,30)31)20(12-18)24(38)36-15-22-23(16-36)34-11-10-33-22/h3-12,17H,13-16H2,1-2H3,(H2,32,35)/t27-/m0/s1. The predicted molar refractivity (Wildman–Crippen MR) is 136 cm³/mol. The minimum Gasteiger partial charge on any atom is -0.338 e. The molecule has 2 N–H and O–H groups in total. The van der Waals surface area contributed by atoms with Gasteiger partial charge >= 0.3 is 6.18 Å². The van der Waals surface area contributed by atoms with Crippen LogP contribution in [0, 0.1) is 11.3 Å². The topological polar surface area (TPSA) is 102 Å². The molecule has 0 unspecified atom stereocenters. The molecular formula is C28H27F3N6O2. The van der Waals surface area contributed by atoms with Gasteiger partial charge in [0.15, 0.2) is 5.96 Å². The van der Waals surface area contributed by atoms with Crippen LogP contribution < -0.4 is 5.32 Å². The molecule has 202 valence electrons. The predicted octanol–water partition coefficient (Wildman–Crippen LogP) is 4.46. The highest BCUT2D eigenvalue weighted by Gasteiger charge is 2.51. The van der Waals surface area contributed by atoms with E-state index in [1.807, 2.05) is 44.2 Å². The van der Waals surface area contributed by atoms with Gasteiger partial charge in [-0.05, 0) is 35.6 Å². The number of nitrogens with zero attached hydrogens (tertiary/aromatic N) is 4. The summed E-state index contributed by atoms with van der Waals surface area (Å²) in [6, 6.07) is 12.4. The highest BCUT2D eigenvalue weighted by Crippen LogP contribution is 2.37. The van der Waals surface area contributed by atoms with Gasteiger partial charge in [0.05, 0.1) is 42.1 Å². The van der Waals surface area contributed by atoms with Crippen molar-refractivity contribution >= 4 is 17.8 Å². The third-order valence-electron chi connectivity index (χ3n) is 6.98. The molecule has 1 saturated heterocycles. The summed E-state index contributed by atoms with van der Waals surface area (Å²) in [7, 11) is 0. The first kappa shape index (κ1) is 26.3. The number of carbonyl (C=O) groups excluding carboxylic acids is 2. The number of rotatable bonds is 6. The molecule has 2 aliphatic rings. The summed E-state index contributed by atoms with van der Waals surface area (Å²) in [5.41, 5.74) is -0.663. The highest BCUT2D eigenvalue weighted by molar-refractivity contribution is 6.08. The van der Waals surface area contributed by atoms with E-state index < -0.39 is 28.7 Å². The molecule has 0 radical (unpaired) electrons. The van der Waals surface area contributed by atoms with Crippen molar-refractivity contribution in [3.8, 4) is 0 Å². The molecule has 0 spiro atoms. The molecule has 39 heavy (non-hydrogen) atoms. The van der Waals surface area contributed by atoms with Crippen LogP contribution in [0.25, 0.3) is 0 Å². The second kappa shape index (κ2) is 9.79. The molecule has 2 aliphatic heterocycles. The summed E-state index contributed by atoms with van der Waals surface area (Å²) in [5.74, 6) is -1.21. The number of hydrogen-bond acceptors (Lipinski definition) is 5. The Bertz CT molecular complexity index is 1420. The van der Waals surface area contributed by atoms with Crippen LogP contribution in [0.2, 0.25) is 0 Å². The Hall–Kier alpha value is -4.28. The minimum atomic E-state index is -4.76. The van der Waals surface area contributed by atoms with E-state index in [9.17, 15) is 22.8 Å². The molecule has 1 fully saturated rings. The average molecular weight is 537 g/mol. The number of carbonyl (C=O) groups is 2. The van der Waals surface area contributed by atoms with Crippen molar-refractivity contribution in [1.29, 1.82) is 5.41 Å². The van der Waals surface area contributed by atoms with E-state index in [0.717, 1.165) is 6.07 Å². The number of alkyl halides is 3. The molecule has 0 aliphatic carbocycles. The monoisotopic (exact) mass is 536 g/mol. The average Bonchev–Trinajstić information content (AvgIpc) is 3.43. The first-order valence-electron chi connectivity index (χ1n) is 12.5. The quantitative estimate of drug-likeness (QED) is 0.485. The van der Waals surface area contributed by atoms with Crippen LogP contribution in [-0.4, -0.2) is 37.5 Å². The van der Waals surface area contributed by atoms with Gasteiger partial charge in [-0.1, -0.05) is 50.2 Å². The van der Waals surface area contributed by atoms with E-state index in [4.69, 9.17) is 5.41 Å². The molecule has 3 heterocycles. The van der Waals surface area contributed by atoms with Crippen LogP contribution in [0.4, 0.5) is 13.2 Å². The third kappa shape index (κ3) is 4.84. The summed E-state index contributed by atoms with van der Waals surface area (Å²) in [4.78, 5) is 38.0. The van der Waals surface area contributed by atoms with Crippen molar-refractivity contribution < 1.29 is 22.8 Å². The van der Waals surface area contributed by atoms with Gasteiger partial charge in [0.1, 0.15) is 5.54 Å². The lowest BCUT2D eigenvalue weighted by molar-refractivity contribution is -0.138. The van der Waals surface area contributed by atoms with Crippen molar-refractivity contribution in [2.45, 2.75) is 51.6 Å². The smallest absolute Gasteiger partial charge is 0.338 e. The van der Waals surface area contributed by atoms with E-state index in [1.54, 1.807) is 0 Å². The van der Waals surface area contributed by atoms with Crippen molar-refractivity contribution in [3.63, 3.8) is 0 Å². The SMILES string of the molecule is CC(C)C[C@@]1(c2ccccc2)NC(=N)N(Cc2ccc(C(F)(F)F)c(C(=O)N3Cc4nccnc4C3)c2)C1=O. The van der Waals surface area contributed by atoms with E-state index in [1.165, 1.54) is 34.3 Å². The van der Waals surface area contributed by atoms with Crippen LogP contribution in [0.3, 0.4) is 0 Å². The first-order chi connectivity index (χ1) is 18.5. The Kier molecular flexibility index (Phi) is 6.61. The lowest BCUT2D eigenvalue weighted by Gasteiger charge is -2.29. The molecule has 1 atom stereocenters. The fourth-order valence-corrected chi connectivity index (χ4v) is 5.28. The van der Waals surface area contributed by atoms with E-state index in [0.29, 0.717) is 28.9 Å². The second-order valence-electron chi connectivity index (χ2n) is 10.2. The van der Waals surface area contributed by atoms with Gasteiger partial charge in [-0.2, -0.15) is 13.2 Å². The Morgan fingerprint density at radius 2 is 1.72 bits per heavy atom. The lowest BCUT2D eigenvalue weighted by atomic mass is 9.82. The van der Waals surface area contributed by atoms with Crippen LogP contribution >= 0.6 is 0 Å². The van der Waals surface area contributed by atoms with Crippen molar-refractivity contribution in [2.24, 2.45) is 5.92 Å². The van der Waals surface area contributed by atoms with Crippen LogP contribution in [0.5, 0.6) is 0 Å². The molecule has 1 aromatic heterocycles. The van der Waals surface area contributed by atoms with Crippen molar-refractivity contribution in [3.05, 3.63) is 94.6 Å². The molecule has 11 heteroatoms. The lowest BCUT2D eigenvalue weighted by Crippen LogP contribution is -2.45. The van der Waals surface area contributed by atoms with Gasteiger partial charge in [0.25, 0.3) is 11.8 Å². The van der Waals surface area contributed by atoms with Crippen LogP contribution in [0.1, 0.15) is 58.7 Å². The zero-order valence-electron chi connectivity index (χ0n) is 21.4. The van der Waals surface area contributed by atoms with Gasteiger partial charge in [0.2, 0.25) is 0 Å². The van der Waals surface area contributed by atoms with E-state index >= 15 is 0 Å². The van der Waals surface area contributed by atoms with Crippen molar-refractivity contribution in [1.82, 2.24) is 25.1 Å². The normalized spacial score (nSPS) is 19.0. The van der Waals surface area contributed by atoms with Gasteiger partial charge in [0, 0.05) is 12.4 Å². The molecule has 0 saturated carbocycles. The Morgan fingerprint density at radius 3 is 2.31 bits per heavy atom. The van der Waals surface area contributed by atoms with Gasteiger partial charge in [-0.25, -0.2) is 0 Å². The molecule has 8 nitrogen and oxygen atoms in total. The number of aromatic nitrogens is 2. The number of benzene rings is 2. The summed E-state index contributed by atoms with van der Waals surface area (Å²) in [5, 5.41) is 11.6. The fourth-order valence-electron chi connectivity index (χ4n) is 5.28. The third-order valence-corrected chi connectivity index (χ3v) is 6.98. The minimum absolute atomic E-state index is 0.0531. The van der Waals surface area contributed by atoms with Gasteiger partial charge in [-0.15, -0.1) is 0 Å². The van der Waals surface area contributed by atoms with Crippen molar-refractivity contribution in [2.75, 3.05) is 0 Å². The molecule has 2 amide bonds. The fraction of sp³-hybridized carbons (Fsp3) is 0.321. The number of nitrogens with one attached hydrogen (secondary N) is 2. The maximum absolute atomic E-state index is 13.9. The van der Waals surface area contributed by atoms with Crippen LogP contribution in [-0.2, 0) is 36.1 Å². The molecule has 5 rings (SSSR count). The number of fused-ring (bicyclic) bond motifs is 1. The second-order valence-corrected chi connectivity index (χ2v) is 10.2. The highest BCUT2D eigenvalue weighted by atomic mass is 19.4. The van der Waals surface area contributed by atoms with E-state index in [2.05, 4.69) is 15.3 Å². The molecule has 2 aromatic carbocycles. The van der Waals surface area contributed by atoms with E-state index in [-0.39, 0.29) is 37.4 Å². The van der Waals surface area contributed by atoms with Gasteiger partial charge in [-0.3, -0.25) is 29.9 Å². The molecule has 0 bridgehead atoms. The summed E-state index contributed by atoms with van der Waals surface area (Å²) < 4.78 is 41.8. The number of amides is 2. The maximum atomic E-state index is 13.9. The zero-order chi connectivity index (χ0) is 27.9. The summed E-state index contributed by atoms with van der Waals surface area (Å²) in [6.45, 7) is 3.89. The zero-order valence-corrected chi connectivity index (χ0v) is 21.4. The Balaban J connectivity index is 1.46. The number of guanidine groups is 1. The maximum Gasteiger partial charge on any atom is 0.417 e. The first-order valence-corrected chi connectivity index (χ1v) is 12.5. The number of hydrogen-bond donors (Lipinski definition) is 2. The van der Waals surface area contributed by atoms with Gasteiger partial charge < -0.3 is 10.2 Å². The Labute approximate surface area is 223 Å². The van der Waals surface area contributed by atoms with Crippen LogP contribution in [0.15, 0.2) is 60.9 Å². The Morgan fingerprint density at radius 1 is 1.08 bits per heavy atom.